The van der Waals surface area contributed by atoms with Crippen LogP contribution in [0.2, 0.25) is 0 Å². The van der Waals surface area contributed by atoms with Gasteiger partial charge in [0.15, 0.2) is 11.8 Å². The third-order valence-corrected chi connectivity index (χ3v) is 6.50. The summed E-state index contributed by atoms with van der Waals surface area (Å²) in [5.41, 5.74) is 11.4. The molecule has 1 saturated carbocycles. The van der Waals surface area contributed by atoms with Crippen LogP contribution >= 0.6 is 0 Å². The second kappa shape index (κ2) is 8.61. The number of aliphatic carboxylic acids is 1. The van der Waals surface area contributed by atoms with E-state index in [0.717, 1.165) is 28.1 Å². The number of alkyl halides is 1. The van der Waals surface area contributed by atoms with Crippen molar-refractivity contribution in [2.45, 2.75) is 37.8 Å². The predicted octanol–water partition coefficient (Wildman–Crippen LogP) is 4.74. The van der Waals surface area contributed by atoms with Gasteiger partial charge in [0.1, 0.15) is 5.82 Å². The molecule has 4 aromatic rings. The third kappa shape index (κ3) is 4.04. The zero-order valence-electron chi connectivity index (χ0n) is 17.9. The number of nitrogens with two attached hydrogens (primary N) is 1. The summed E-state index contributed by atoms with van der Waals surface area (Å²) < 4.78 is 15.5. The van der Waals surface area contributed by atoms with E-state index < -0.39 is 18.1 Å². The lowest BCUT2D eigenvalue weighted by molar-refractivity contribution is -0.145. The molecule has 3 aromatic heterocycles. The van der Waals surface area contributed by atoms with E-state index >= 15 is 0 Å². The predicted molar refractivity (Wildman–Crippen MR) is 123 cm³/mol. The van der Waals surface area contributed by atoms with Crippen LogP contribution < -0.4 is 5.73 Å². The summed E-state index contributed by atoms with van der Waals surface area (Å²) in [6.45, 7) is 0. The van der Waals surface area contributed by atoms with Crippen LogP contribution in [0.25, 0.3) is 28.0 Å². The maximum absolute atomic E-state index is 13.9. The lowest BCUT2D eigenvalue weighted by Crippen LogP contribution is -2.28. The van der Waals surface area contributed by atoms with Gasteiger partial charge in [0.25, 0.3) is 0 Å². The van der Waals surface area contributed by atoms with Crippen molar-refractivity contribution in [3.8, 4) is 22.4 Å². The second-order valence-corrected chi connectivity index (χ2v) is 8.55. The Hall–Kier alpha value is -3.81. The minimum atomic E-state index is -1.81. The lowest BCUT2D eigenvalue weighted by Gasteiger charge is -2.28. The molecule has 1 aromatic carbocycles. The van der Waals surface area contributed by atoms with E-state index in [2.05, 4.69) is 10.1 Å². The van der Waals surface area contributed by atoms with Crippen LogP contribution in [0.5, 0.6) is 0 Å². The maximum atomic E-state index is 13.9. The average Bonchev–Trinajstić information content (AvgIpc) is 3.29. The Kier molecular flexibility index (Phi) is 5.50. The van der Waals surface area contributed by atoms with Gasteiger partial charge in [0.05, 0.1) is 11.9 Å². The first-order chi connectivity index (χ1) is 16.0. The minimum absolute atomic E-state index is 0.107. The summed E-state index contributed by atoms with van der Waals surface area (Å²) in [6.07, 6.45) is 4.13. The van der Waals surface area contributed by atoms with Gasteiger partial charge >= 0.3 is 5.97 Å². The second-order valence-electron chi connectivity index (χ2n) is 8.55. The fourth-order valence-corrected chi connectivity index (χ4v) is 4.66. The average molecular weight is 445 g/mol. The Bertz CT molecular complexity index is 1280. The van der Waals surface area contributed by atoms with E-state index in [4.69, 9.17) is 15.8 Å². The lowest BCUT2D eigenvalue weighted by atomic mass is 9.78. The van der Waals surface area contributed by atoms with E-state index in [0.29, 0.717) is 37.1 Å². The number of rotatable bonds is 5. The third-order valence-electron chi connectivity index (χ3n) is 6.50. The van der Waals surface area contributed by atoms with Gasteiger partial charge in [-0.15, -0.1) is 0 Å². The van der Waals surface area contributed by atoms with Crippen LogP contribution in [-0.4, -0.2) is 36.8 Å². The van der Waals surface area contributed by atoms with Crippen molar-refractivity contribution >= 4 is 17.4 Å². The van der Waals surface area contributed by atoms with Crippen LogP contribution in [0.15, 0.2) is 60.9 Å². The van der Waals surface area contributed by atoms with Crippen molar-refractivity contribution in [2.75, 3.05) is 5.73 Å². The van der Waals surface area contributed by atoms with Gasteiger partial charge in [-0.05, 0) is 31.7 Å². The van der Waals surface area contributed by atoms with Crippen molar-refractivity contribution in [3.05, 3.63) is 66.6 Å². The summed E-state index contributed by atoms with van der Waals surface area (Å²) in [6, 6.07) is 15.7. The molecule has 0 amide bonds. The Morgan fingerprint density at radius 2 is 1.82 bits per heavy atom. The molecule has 1 aliphatic rings. The molecular weight excluding hydrogens is 421 g/mol. The summed E-state index contributed by atoms with van der Waals surface area (Å²) in [5.74, 6) is -1.24. The van der Waals surface area contributed by atoms with Gasteiger partial charge in [0.2, 0.25) is 0 Å². The van der Waals surface area contributed by atoms with Crippen LogP contribution in [-0.2, 0) is 4.79 Å². The zero-order valence-corrected chi connectivity index (χ0v) is 17.9. The molecule has 0 unspecified atom stereocenters. The molecule has 0 saturated heterocycles. The number of halogens is 1. The van der Waals surface area contributed by atoms with Crippen molar-refractivity contribution in [2.24, 2.45) is 5.92 Å². The molecule has 1 aliphatic carbocycles. The van der Waals surface area contributed by atoms with Crippen LogP contribution in [0.4, 0.5) is 10.2 Å². The number of pyridine rings is 1. The number of aromatic nitrogens is 4. The standard InChI is InChI=1S/C25H24FN5O2/c26-23(25(32)33)17-8-6-16(7-9-17)21-12-22(27)31-24(30-21)19(14-29-31)18-10-11-20(28-13-18)15-4-2-1-3-5-15/h1-5,10-14,16-17,23H,6-9,27H2,(H,32,33)/t16-,17-,23-/m0/s1. The first-order valence-electron chi connectivity index (χ1n) is 11.0. The van der Waals surface area contributed by atoms with E-state index in [9.17, 15) is 9.18 Å². The Labute approximate surface area is 190 Å². The molecule has 3 heterocycles. The molecule has 0 bridgehead atoms. The minimum Gasteiger partial charge on any atom is -0.479 e. The fourth-order valence-electron chi connectivity index (χ4n) is 4.66. The van der Waals surface area contributed by atoms with Gasteiger partial charge in [-0.2, -0.15) is 9.61 Å². The Morgan fingerprint density at radius 3 is 2.48 bits per heavy atom. The van der Waals surface area contributed by atoms with E-state index in [-0.39, 0.29) is 5.92 Å². The summed E-state index contributed by atoms with van der Waals surface area (Å²) in [5, 5.41) is 13.4. The molecule has 1 fully saturated rings. The maximum Gasteiger partial charge on any atom is 0.338 e. The highest BCUT2D eigenvalue weighted by atomic mass is 19.1. The van der Waals surface area contributed by atoms with Crippen molar-refractivity contribution < 1.29 is 14.3 Å². The van der Waals surface area contributed by atoms with Crippen molar-refractivity contribution in [3.63, 3.8) is 0 Å². The van der Waals surface area contributed by atoms with Gasteiger partial charge in [0, 0.05) is 46.5 Å². The Morgan fingerprint density at radius 1 is 1.06 bits per heavy atom. The molecule has 33 heavy (non-hydrogen) atoms. The molecule has 5 rings (SSSR count). The highest BCUT2D eigenvalue weighted by Crippen LogP contribution is 2.38. The zero-order chi connectivity index (χ0) is 22.9. The number of benzene rings is 1. The van der Waals surface area contributed by atoms with Crippen LogP contribution in [0.3, 0.4) is 0 Å². The van der Waals surface area contributed by atoms with Crippen LogP contribution in [0, 0.1) is 5.92 Å². The van der Waals surface area contributed by atoms with E-state index in [1.54, 1.807) is 10.7 Å². The molecule has 0 aliphatic heterocycles. The monoisotopic (exact) mass is 445 g/mol. The number of nitrogens with zero attached hydrogens (tertiary/aromatic N) is 4. The summed E-state index contributed by atoms with van der Waals surface area (Å²) in [4.78, 5) is 20.4. The first-order valence-corrected chi connectivity index (χ1v) is 11.0. The SMILES string of the molecule is Nc1cc([C@H]2CC[C@H]([C@H](F)C(=O)O)CC2)nc2c(-c3ccc(-c4ccccc4)nc3)cnn12. The van der Waals surface area contributed by atoms with E-state index in [1.165, 1.54) is 0 Å². The molecule has 0 spiro atoms. The quantitative estimate of drug-likeness (QED) is 0.460. The molecular formula is C25H24FN5O2. The number of carboxylic acids is 1. The number of hydrogen-bond donors (Lipinski definition) is 2. The molecule has 7 nitrogen and oxygen atoms in total. The number of nitrogen functional groups attached to an aromatic ring is 1. The van der Waals surface area contributed by atoms with Crippen molar-refractivity contribution in [1.29, 1.82) is 0 Å². The topological polar surface area (TPSA) is 106 Å². The molecule has 0 radical (unpaired) electrons. The summed E-state index contributed by atoms with van der Waals surface area (Å²) >= 11 is 0. The smallest absolute Gasteiger partial charge is 0.338 e. The van der Waals surface area contributed by atoms with Gasteiger partial charge in [-0.3, -0.25) is 4.98 Å². The molecule has 3 N–H and O–H groups in total. The van der Waals surface area contributed by atoms with Gasteiger partial charge in [-0.25, -0.2) is 14.2 Å². The first kappa shape index (κ1) is 21.1. The molecule has 168 valence electrons. The summed E-state index contributed by atoms with van der Waals surface area (Å²) in [7, 11) is 0. The highest BCUT2D eigenvalue weighted by Gasteiger charge is 2.33. The number of hydrogen-bond acceptors (Lipinski definition) is 5. The number of anilines is 1. The van der Waals surface area contributed by atoms with E-state index in [1.807, 2.05) is 54.7 Å². The number of fused-ring (bicyclic) bond motifs is 1. The molecule has 8 heteroatoms. The van der Waals surface area contributed by atoms with Gasteiger partial charge in [-0.1, -0.05) is 36.4 Å². The van der Waals surface area contributed by atoms with Crippen LogP contribution in [0.1, 0.15) is 37.3 Å². The Balaban J connectivity index is 1.42. The largest absolute Gasteiger partial charge is 0.479 e. The molecule has 1 atom stereocenters. The number of carbonyl (C=O) groups is 1. The number of carboxylic acid groups (broad SMARTS) is 1. The van der Waals surface area contributed by atoms with Gasteiger partial charge < -0.3 is 10.8 Å². The van der Waals surface area contributed by atoms with Crippen molar-refractivity contribution in [1.82, 2.24) is 19.6 Å². The fraction of sp³-hybridized carbons (Fsp3) is 0.280. The highest BCUT2D eigenvalue weighted by molar-refractivity contribution is 5.78. The normalized spacial score (nSPS) is 19.4.